The number of carbonyl (C=O) groups is 1. The van der Waals surface area contributed by atoms with Crippen molar-refractivity contribution < 1.29 is 4.79 Å². The van der Waals surface area contributed by atoms with Gasteiger partial charge in [-0.3, -0.25) is 4.79 Å². The van der Waals surface area contributed by atoms with Crippen molar-refractivity contribution in [3.63, 3.8) is 0 Å². The third-order valence-electron chi connectivity index (χ3n) is 4.25. The van der Waals surface area contributed by atoms with Crippen LogP contribution in [0.1, 0.15) is 53.4 Å². The average Bonchev–Trinajstić information content (AvgIpc) is 2.23. The van der Waals surface area contributed by atoms with Gasteiger partial charge in [-0.05, 0) is 37.2 Å². The van der Waals surface area contributed by atoms with E-state index in [0.717, 1.165) is 6.42 Å². The Morgan fingerprint density at radius 2 is 2.19 bits per heavy atom. The molecule has 1 unspecified atom stereocenters. The Balaban J connectivity index is 3.00. The van der Waals surface area contributed by atoms with Crippen LogP contribution in [0.3, 0.4) is 0 Å². The van der Waals surface area contributed by atoms with Crippen LogP contribution >= 0.6 is 0 Å². The minimum atomic E-state index is 0.152. The monoisotopic (exact) mass is 220 g/mol. The second kappa shape index (κ2) is 4.99. The van der Waals surface area contributed by atoms with E-state index in [1.54, 1.807) is 0 Å². The summed E-state index contributed by atoms with van der Waals surface area (Å²) in [4.78, 5) is 11.6. The number of carbonyl (C=O) groups excluding carboxylic acids is 1. The van der Waals surface area contributed by atoms with Crippen LogP contribution in [0.5, 0.6) is 0 Å². The zero-order valence-electron chi connectivity index (χ0n) is 11.1. The Labute approximate surface area is 99.6 Å². The van der Waals surface area contributed by atoms with Gasteiger partial charge in [0.2, 0.25) is 0 Å². The van der Waals surface area contributed by atoms with E-state index < -0.39 is 0 Å². The third kappa shape index (κ3) is 2.45. The van der Waals surface area contributed by atoms with E-state index in [1.165, 1.54) is 30.1 Å². The number of ketones is 1. The van der Waals surface area contributed by atoms with Crippen LogP contribution in [0.25, 0.3) is 0 Å². The molecule has 0 radical (unpaired) electrons. The summed E-state index contributed by atoms with van der Waals surface area (Å²) < 4.78 is 0. The highest BCUT2D eigenvalue weighted by Gasteiger charge is 2.36. The fraction of sp³-hybridized carbons (Fsp3) is 0.667. The summed E-state index contributed by atoms with van der Waals surface area (Å²) >= 11 is 0. The van der Waals surface area contributed by atoms with Crippen LogP contribution < -0.4 is 0 Å². The fourth-order valence-electron chi connectivity index (χ4n) is 3.04. The second-order valence-corrected chi connectivity index (χ2v) is 5.47. The summed E-state index contributed by atoms with van der Waals surface area (Å²) in [5.41, 5.74) is 2.95. The number of rotatable bonds is 4. The average molecular weight is 220 g/mol. The molecule has 0 aromatic heterocycles. The molecule has 0 saturated carbocycles. The lowest BCUT2D eigenvalue weighted by Gasteiger charge is -2.41. The molecule has 0 bridgehead atoms. The SMILES string of the molecule is C=CC(=O)CC1=C(C)CCC(CC)C1(C)C. The Morgan fingerprint density at radius 3 is 2.69 bits per heavy atom. The van der Waals surface area contributed by atoms with Gasteiger partial charge in [0.25, 0.3) is 0 Å². The van der Waals surface area contributed by atoms with E-state index in [1.807, 2.05) is 0 Å². The van der Waals surface area contributed by atoms with Gasteiger partial charge in [-0.25, -0.2) is 0 Å². The molecule has 0 saturated heterocycles. The van der Waals surface area contributed by atoms with Gasteiger partial charge < -0.3 is 0 Å². The number of allylic oxidation sites excluding steroid dienone is 3. The molecular formula is C15H24O. The molecule has 0 N–H and O–H groups in total. The first-order chi connectivity index (χ1) is 7.43. The van der Waals surface area contributed by atoms with E-state index in [2.05, 4.69) is 34.3 Å². The second-order valence-electron chi connectivity index (χ2n) is 5.47. The third-order valence-corrected chi connectivity index (χ3v) is 4.25. The van der Waals surface area contributed by atoms with E-state index in [4.69, 9.17) is 0 Å². The topological polar surface area (TPSA) is 17.1 Å². The predicted molar refractivity (Wildman–Crippen MR) is 69.3 cm³/mol. The summed E-state index contributed by atoms with van der Waals surface area (Å²) in [5, 5.41) is 0. The summed E-state index contributed by atoms with van der Waals surface area (Å²) in [5.74, 6) is 0.864. The van der Waals surface area contributed by atoms with Crippen molar-refractivity contribution in [1.29, 1.82) is 0 Å². The summed E-state index contributed by atoms with van der Waals surface area (Å²) in [7, 11) is 0. The van der Waals surface area contributed by atoms with Crippen molar-refractivity contribution >= 4 is 5.78 Å². The minimum Gasteiger partial charge on any atom is -0.295 e. The first-order valence-corrected chi connectivity index (χ1v) is 6.27. The largest absolute Gasteiger partial charge is 0.295 e. The van der Waals surface area contributed by atoms with Crippen LogP contribution in [-0.4, -0.2) is 5.78 Å². The Kier molecular flexibility index (Phi) is 4.12. The fourth-order valence-corrected chi connectivity index (χ4v) is 3.04. The maximum Gasteiger partial charge on any atom is 0.159 e. The van der Waals surface area contributed by atoms with Crippen molar-refractivity contribution in [2.75, 3.05) is 0 Å². The van der Waals surface area contributed by atoms with E-state index in [-0.39, 0.29) is 11.2 Å². The molecule has 1 nitrogen and oxygen atoms in total. The molecule has 0 amide bonds. The molecule has 16 heavy (non-hydrogen) atoms. The molecule has 0 aromatic rings. The zero-order valence-corrected chi connectivity index (χ0v) is 11.1. The lowest BCUT2D eigenvalue weighted by molar-refractivity contribution is -0.114. The maximum atomic E-state index is 11.6. The van der Waals surface area contributed by atoms with Gasteiger partial charge >= 0.3 is 0 Å². The zero-order chi connectivity index (χ0) is 12.3. The molecule has 0 fully saturated rings. The molecule has 1 aliphatic rings. The Hall–Kier alpha value is -0.850. The van der Waals surface area contributed by atoms with Gasteiger partial charge in [0.15, 0.2) is 5.78 Å². The minimum absolute atomic E-state index is 0.152. The Bertz CT molecular complexity index is 320. The Morgan fingerprint density at radius 1 is 1.56 bits per heavy atom. The van der Waals surface area contributed by atoms with Crippen LogP contribution in [0.15, 0.2) is 23.8 Å². The highest BCUT2D eigenvalue weighted by Crippen LogP contribution is 2.47. The van der Waals surface area contributed by atoms with Gasteiger partial charge in [0.1, 0.15) is 0 Å². The lowest BCUT2D eigenvalue weighted by Crippen LogP contribution is -2.31. The predicted octanol–water partition coefficient (Wildman–Crippen LogP) is 4.29. The highest BCUT2D eigenvalue weighted by molar-refractivity contribution is 5.91. The van der Waals surface area contributed by atoms with Crippen molar-refractivity contribution in [2.24, 2.45) is 11.3 Å². The van der Waals surface area contributed by atoms with Gasteiger partial charge in [0.05, 0.1) is 0 Å². The molecular weight excluding hydrogens is 196 g/mol. The first kappa shape index (κ1) is 13.2. The summed E-state index contributed by atoms with van der Waals surface area (Å²) in [6.45, 7) is 12.6. The molecule has 1 aliphatic carbocycles. The maximum absolute atomic E-state index is 11.6. The first-order valence-electron chi connectivity index (χ1n) is 6.27. The van der Waals surface area contributed by atoms with Crippen LogP contribution in [0, 0.1) is 11.3 Å². The molecule has 0 aromatic carbocycles. The smallest absolute Gasteiger partial charge is 0.159 e. The normalized spacial score (nSPS) is 24.4. The van der Waals surface area contributed by atoms with Gasteiger partial charge in [0, 0.05) is 6.42 Å². The van der Waals surface area contributed by atoms with E-state index in [0.29, 0.717) is 12.3 Å². The molecule has 1 atom stereocenters. The lowest BCUT2D eigenvalue weighted by atomic mass is 9.63. The molecule has 90 valence electrons. The standard InChI is InChI=1S/C15H24O/c1-6-12-9-8-11(3)14(15(12,4)5)10-13(16)7-2/h7,12H,2,6,8-10H2,1,3-5H3. The molecule has 0 aliphatic heterocycles. The number of hydrogen-bond acceptors (Lipinski definition) is 1. The van der Waals surface area contributed by atoms with E-state index >= 15 is 0 Å². The van der Waals surface area contributed by atoms with Gasteiger partial charge in [-0.15, -0.1) is 0 Å². The molecule has 1 heteroatoms. The van der Waals surface area contributed by atoms with Gasteiger partial charge in [-0.2, -0.15) is 0 Å². The summed E-state index contributed by atoms with van der Waals surface area (Å²) in [6.07, 6.45) is 5.64. The van der Waals surface area contributed by atoms with E-state index in [9.17, 15) is 4.79 Å². The molecule has 0 heterocycles. The highest BCUT2D eigenvalue weighted by atomic mass is 16.1. The molecule has 0 spiro atoms. The van der Waals surface area contributed by atoms with Crippen LogP contribution in [0.4, 0.5) is 0 Å². The van der Waals surface area contributed by atoms with Crippen molar-refractivity contribution in [1.82, 2.24) is 0 Å². The molecule has 1 rings (SSSR count). The van der Waals surface area contributed by atoms with Crippen molar-refractivity contribution in [3.8, 4) is 0 Å². The van der Waals surface area contributed by atoms with Gasteiger partial charge in [-0.1, -0.05) is 44.9 Å². The number of hydrogen-bond donors (Lipinski definition) is 0. The van der Waals surface area contributed by atoms with Crippen LogP contribution in [0.2, 0.25) is 0 Å². The van der Waals surface area contributed by atoms with Crippen molar-refractivity contribution in [2.45, 2.75) is 53.4 Å². The van der Waals surface area contributed by atoms with Crippen LogP contribution in [-0.2, 0) is 4.79 Å². The summed E-state index contributed by atoms with van der Waals surface area (Å²) in [6, 6.07) is 0. The van der Waals surface area contributed by atoms with Crippen molar-refractivity contribution in [3.05, 3.63) is 23.8 Å². The quantitative estimate of drug-likeness (QED) is 0.510.